The number of nitrogens with zero attached hydrogens (tertiary/aromatic N) is 2. The molecule has 0 amide bonds. The van der Waals surface area contributed by atoms with Crippen LogP contribution in [0.1, 0.15) is 23.0 Å². The molecule has 0 aliphatic rings. The molecule has 2 heterocycles. The number of esters is 1. The van der Waals surface area contributed by atoms with Gasteiger partial charge in [-0.25, -0.2) is 9.18 Å². The number of halogens is 1. The van der Waals surface area contributed by atoms with Gasteiger partial charge in [0.25, 0.3) is 0 Å². The average molecular weight is 336 g/mol. The zero-order valence-electron chi connectivity index (χ0n) is 13.8. The summed E-state index contributed by atoms with van der Waals surface area (Å²) in [5, 5.41) is 0. The Hall–Kier alpha value is -3.08. The van der Waals surface area contributed by atoms with Gasteiger partial charge in [-0.15, -0.1) is 0 Å². The first-order chi connectivity index (χ1) is 12.2. The van der Waals surface area contributed by atoms with Gasteiger partial charge in [0, 0.05) is 12.6 Å². The van der Waals surface area contributed by atoms with E-state index in [0.29, 0.717) is 12.2 Å². The number of para-hydroxylation sites is 2. The molecule has 0 aliphatic carbocycles. The number of fused-ring (bicyclic) bond motifs is 3. The van der Waals surface area contributed by atoms with Crippen LogP contribution in [0.15, 0.2) is 60.7 Å². The van der Waals surface area contributed by atoms with Gasteiger partial charge in [-0.1, -0.05) is 42.5 Å². The third-order valence-electron chi connectivity index (χ3n) is 4.28. The number of benzene rings is 2. The summed E-state index contributed by atoms with van der Waals surface area (Å²) in [4.78, 5) is 12.3. The number of hydrogen-bond acceptors (Lipinski definition) is 2. The van der Waals surface area contributed by atoms with Gasteiger partial charge in [-0.05, 0) is 24.6 Å². The van der Waals surface area contributed by atoms with Crippen LogP contribution < -0.4 is 0 Å². The lowest BCUT2D eigenvalue weighted by molar-refractivity contribution is 0.0513. The third kappa shape index (κ3) is 2.48. The van der Waals surface area contributed by atoms with Gasteiger partial charge in [0.2, 0.25) is 0 Å². The number of aromatic nitrogens is 2. The normalized spacial score (nSPS) is 11.3. The lowest BCUT2D eigenvalue weighted by Crippen LogP contribution is -2.09. The zero-order chi connectivity index (χ0) is 17.4. The number of carbonyl (C=O) groups excluding carboxylic acids is 1. The highest BCUT2D eigenvalue weighted by atomic mass is 19.1. The SMILES string of the molecule is CCOC(=O)c1c(F)cc2n(Cc3ccccc3)c3ccccc3n12. The van der Waals surface area contributed by atoms with Gasteiger partial charge in [-0.3, -0.25) is 4.40 Å². The first-order valence-corrected chi connectivity index (χ1v) is 8.20. The standard InChI is InChI=1S/C20H17FN2O2/c1-2-25-20(24)19-15(21)12-18-22(13-14-8-4-3-5-9-14)16-10-6-7-11-17(16)23(18)19/h3-12H,2,13H2,1H3. The lowest BCUT2D eigenvalue weighted by Gasteiger charge is -2.05. The Morgan fingerprint density at radius 3 is 2.44 bits per heavy atom. The molecule has 0 atom stereocenters. The molecule has 0 aliphatic heterocycles. The quantitative estimate of drug-likeness (QED) is 0.522. The summed E-state index contributed by atoms with van der Waals surface area (Å²) in [6, 6.07) is 19.0. The Kier molecular flexibility index (Phi) is 3.76. The number of imidazole rings is 1. The Labute approximate surface area is 144 Å². The molecule has 5 heteroatoms. The van der Waals surface area contributed by atoms with Crippen LogP contribution in [0, 0.1) is 5.82 Å². The van der Waals surface area contributed by atoms with Crippen LogP contribution in [-0.2, 0) is 11.3 Å². The molecule has 0 unspecified atom stereocenters. The molecule has 0 fully saturated rings. The fraction of sp³-hybridized carbons (Fsp3) is 0.150. The Bertz CT molecular complexity index is 1060. The monoisotopic (exact) mass is 336 g/mol. The van der Waals surface area contributed by atoms with E-state index in [0.717, 1.165) is 16.6 Å². The van der Waals surface area contributed by atoms with Crippen LogP contribution in [0.5, 0.6) is 0 Å². The topological polar surface area (TPSA) is 35.6 Å². The maximum Gasteiger partial charge on any atom is 0.358 e. The average Bonchev–Trinajstić information content (AvgIpc) is 3.11. The largest absolute Gasteiger partial charge is 0.461 e. The van der Waals surface area contributed by atoms with Crippen LogP contribution in [-0.4, -0.2) is 21.5 Å². The molecule has 2 aromatic heterocycles. The minimum atomic E-state index is -0.650. The van der Waals surface area contributed by atoms with E-state index < -0.39 is 11.8 Å². The van der Waals surface area contributed by atoms with Crippen molar-refractivity contribution in [3.8, 4) is 0 Å². The van der Waals surface area contributed by atoms with Crippen molar-refractivity contribution < 1.29 is 13.9 Å². The van der Waals surface area contributed by atoms with E-state index in [1.807, 2.05) is 59.2 Å². The summed E-state index contributed by atoms with van der Waals surface area (Å²) in [6.07, 6.45) is 0. The molecule has 4 aromatic rings. The minimum absolute atomic E-state index is 0.0557. The Morgan fingerprint density at radius 2 is 1.72 bits per heavy atom. The van der Waals surface area contributed by atoms with Crippen molar-refractivity contribution in [1.29, 1.82) is 0 Å². The van der Waals surface area contributed by atoms with E-state index in [4.69, 9.17) is 4.74 Å². The van der Waals surface area contributed by atoms with Gasteiger partial charge in [0.05, 0.1) is 17.6 Å². The van der Waals surface area contributed by atoms with Gasteiger partial charge >= 0.3 is 5.97 Å². The molecular formula is C20H17FN2O2. The molecule has 0 N–H and O–H groups in total. The molecule has 126 valence electrons. The Morgan fingerprint density at radius 1 is 1.04 bits per heavy atom. The zero-order valence-corrected chi connectivity index (χ0v) is 13.8. The van der Waals surface area contributed by atoms with E-state index in [9.17, 15) is 9.18 Å². The first-order valence-electron chi connectivity index (χ1n) is 8.20. The summed E-state index contributed by atoms with van der Waals surface area (Å²) in [7, 11) is 0. The first kappa shape index (κ1) is 15.4. The highest BCUT2D eigenvalue weighted by Crippen LogP contribution is 2.27. The summed E-state index contributed by atoms with van der Waals surface area (Å²) in [6.45, 7) is 2.50. The van der Waals surface area contributed by atoms with Crippen molar-refractivity contribution in [2.24, 2.45) is 0 Å². The molecule has 0 radical (unpaired) electrons. The number of ether oxygens (including phenoxy) is 1. The number of hydrogen-bond donors (Lipinski definition) is 0. The smallest absolute Gasteiger partial charge is 0.358 e. The molecule has 0 saturated carbocycles. The minimum Gasteiger partial charge on any atom is -0.461 e. The van der Waals surface area contributed by atoms with Crippen LogP contribution >= 0.6 is 0 Å². The van der Waals surface area contributed by atoms with Crippen molar-refractivity contribution >= 4 is 22.6 Å². The predicted octanol–water partition coefficient (Wildman–Crippen LogP) is 4.26. The van der Waals surface area contributed by atoms with Crippen molar-refractivity contribution in [2.45, 2.75) is 13.5 Å². The Balaban J connectivity index is 1.99. The van der Waals surface area contributed by atoms with E-state index in [2.05, 4.69) is 0 Å². The van der Waals surface area contributed by atoms with Crippen LogP contribution in [0.4, 0.5) is 4.39 Å². The number of rotatable bonds is 4. The summed E-state index contributed by atoms with van der Waals surface area (Å²) in [5.74, 6) is -1.22. The van der Waals surface area contributed by atoms with Crippen molar-refractivity contribution in [2.75, 3.05) is 6.61 Å². The molecule has 2 aromatic carbocycles. The maximum absolute atomic E-state index is 14.5. The second-order valence-electron chi connectivity index (χ2n) is 5.82. The molecule has 0 saturated heterocycles. The molecule has 0 bridgehead atoms. The van der Waals surface area contributed by atoms with Crippen LogP contribution in [0.2, 0.25) is 0 Å². The fourth-order valence-corrected chi connectivity index (χ4v) is 3.24. The second kappa shape index (κ2) is 6.09. The lowest BCUT2D eigenvalue weighted by atomic mass is 10.2. The van der Waals surface area contributed by atoms with Crippen LogP contribution in [0.3, 0.4) is 0 Å². The summed E-state index contributed by atoms with van der Waals surface area (Å²) < 4.78 is 23.2. The summed E-state index contributed by atoms with van der Waals surface area (Å²) in [5.41, 5.74) is 3.39. The van der Waals surface area contributed by atoms with E-state index in [1.54, 1.807) is 11.3 Å². The van der Waals surface area contributed by atoms with Crippen LogP contribution in [0.25, 0.3) is 16.7 Å². The molecular weight excluding hydrogens is 319 g/mol. The highest BCUT2D eigenvalue weighted by Gasteiger charge is 2.24. The highest BCUT2D eigenvalue weighted by molar-refractivity contribution is 5.94. The predicted molar refractivity (Wildman–Crippen MR) is 94.4 cm³/mol. The van der Waals surface area contributed by atoms with Gasteiger partial charge in [-0.2, -0.15) is 0 Å². The van der Waals surface area contributed by atoms with Gasteiger partial charge in [0.15, 0.2) is 11.5 Å². The van der Waals surface area contributed by atoms with E-state index >= 15 is 0 Å². The fourth-order valence-electron chi connectivity index (χ4n) is 3.24. The molecule has 4 nitrogen and oxygen atoms in total. The van der Waals surface area contributed by atoms with Crippen molar-refractivity contribution in [1.82, 2.24) is 8.97 Å². The second-order valence-corrected chi connectivity index (χ2v) is 5.82. The van der Waals surface area contributed by atoms with E-state index in [-0.39, 0.29) is 12.3 Å². The van der Waals surface area contributed by atoms with E-state index in [1.165, 1.54) is 6.07 Å². The molecule has 0 spiro atoms. The van der Waals surface area contributed by atoms with Crippen molar-refractivity contribution in [3.63, 3.8) is 0 Å². The number of carbonyl (C=O) groups is 1. The molecule has 25 heavy (non-hydrogen) atoms. The van der Waals surface area contributed by atoms with Crippen molar-refractivity contribution in [3.05, 3.63) is 77.7 Å². The molecule has 4 rings (SSSR count). The van der Waals surface area contributed by atoms with Gasteiger partial charge in [0.1, 0.15) is 5.65 Å². The van der Waals surface area contributed by atoms with Gasteiger partial charge < -0.3 is 9.30 Å². The third-order valence-corrected chi connectivity index (χ3v) is 4.28. The maximum atomic E-state index is 14.5. The summed E-state index contributed by atoms with van der Waals surface area (Å²) >= 11 is 0.